The van der Waals surface area contributed by atoms with E-state index >= 15 is 0 Å². The maximum Gasteiger partial charge on any atom is 0.122 e. The molecule has 0 spiro atoms. The lowest BCUT2D eigenvalue weighted by Crippen LogP contribution is -2.20. The fourth-order valence-electron chi connectivity index (χ4n) is 2.47. The molecule has 1 saturated heterocycles. The summed E-state index contributed by atoms with van der Waals surface area (Å²) >= 11 is 6.24. The molecule has 1 fully saturated rings. The SMILES string of the molecule is CCC1CCN(Cc2ccc(C(=N)N)cc2Cl)C1. The minimum Gasteiger partial charge on any atom is -0.384 e. The summed E-state index contributed by atoms with van der Waals surface area (Å²) < 4.78 is 0. The molecular formula is C14H20ClN3. The van der Waals surface area contributed by atoms with Gasteiger partial charge in [0.25, 0.3) is 0 Å². The highest BCUT2D eigenvalue weighted by atomic mass is 35.5. The smallest absolute Gasteiger partial charge is 0.122 e. The Kier molecular flexibility index (Phi) is 4.25. The number of hydrogen-bond donors (Lipinski definition) is 2. The normalized spacial score (nSPS) is 20.2. The molecule has 4 heteroatoms. The van der Waals surface area contributed by atoms with Crippen LogP contribution >= 0.6 is 11.6 Å². The van der Waals surface area contributed by atoms with E-state index in [0.29, 0.717) is 10.6 Å². The molecule has 18 heavy (non-hydrogen) atoms. The molecule has 3 nitrogen and oxygen atoms in total. The summed E-state index contributed by atoms with van der Waals surface area (Å²) in [5.74, 6) is 0.899. The number of nitrogen functional groups attached to an aromatic ring is 1. The van der Waals surface area contributed by atoms with Crippen molar-refractivity contribution in [3.05, 3.63) is 34.3 Å². The lowest BCUT2D eigenvalue weighted by atomic mass is 10.1. The van der Waals surface area contributed by atoms with Gasteiger partial charge in [-0.15, -0.1) is 0 Å². The molecule has 1 aliphatic rings. The largest absolute Gasteiger partial charge is 0.384 e. The Morgan fingerprint density at radius 2 is 2.33 bits per heavy atom. The number of nitrogens with zero attached hydrogens (tertiary/aromatic N) is 1. The molecule has 1 atom stereocenters. The van der Waals surface area contributed by atoms with Crippen LogP contribution in [0.4, 0.5) is 0 Å². The lowest BCUT2D eigenvalue weighted by Gasteiger charge is -2.17. The average molecular weight is 266 g/mol. The number of hydrogen-bond acceptors (Lipinski definition) is 2. The summed E-state index contributed by atoms with van der Waals surface area (Å²) in [6.07, 6.45) is 2.55. The zero-order chi connectivity index (χ0) is 13.1. The quantitative estimate of drug-likeness (QED) is 0.650. The Bertz CT molecular complexity index is 445. The maximum absolute atomic E-state index is 7.39. The third-order valence-electron chi connectivity index (χ3n) is 3.71. The van der Waals surface area contributed by atoms with Crippen molar-refractivity contribution < 1.29 is 0 Å². The monoisotopic (exact) mass is 265 g/mol. The minimum atomic E-state index is 0.0654. The molecule has 0 amide bonds. The summed E-state index contributed by atoms with van der Waals surface area (Å²) in [6, 6.07) is 5.64. The third-order valence-corrected chi connectivity index (χ3v) is 4.06. The van der Waals surface area contributed by atoms with Crippen LogP contribution in [-0.4, -0.2) is 23.8 Å². The first-order valence-electron chi connectivity index (χ1n) is 6.45. The van der Waals surface area contributed by atoms with Gasteiger partial charge in [0.15, 0.2) is 0 Å². The van der Waals surface area contributed by atoms with Gasteiger partial charge in [-0.3, -0.25) is 10.3 Å². The highest BCUT2D eigenvalue weighted by Crippen LogP contribution is 2.24. The van der Waals surface area contributed by atoms with E-state index in [4.69, 9.17) is 22.7 Å². The standard InChI is InChI=1S/C14H20ClN3/c1-2-10-5-6-18(8-10)9-12-4-3-11(14(16)17)7-13(12)15/h3-4,7,10H,2,5-6,8-9H2,1H3,(H3,16,17). The van der Waals surface area contributed by atoms with Gasteiger partial charge in [0.1, 0.15) is 5.84 Å². The highest BCUT2D eigenvalue weighted by molar-refractivity contribution is 6.31. The Labute approximate surface area is 113 Å². The highest BCUT2D eigenvalue weighted by Gasteiger charge is 2.21. The Morgan fingerprint density at radius 1 is 1.56 bits per heavy atom. The average Bonchev–Trinajstić information content (AvgIpc) is 2.79. The zero-order valence-electron chi connectivity index (χ0n) is 10.7. The lowest BCUT2D eigenvalue weighted by molar-refractivity contribution is 0.315. The van der Waals surface area contributed by atoms with Crippen molar-refractivity contribution >= 4 is 17.4 Å². The van der Waals surface area contributed by atoms with Crippen LogP contribution in [0.2, 0.25) is 5.02 Å². The summed E-state index contributed by atoms with van der Waals surface area (Å²) in [6.45, 7) is 5.47. The van der Waals surface area contributed by atoms with E-state index in [0.717, 1.165) is 24.6 Å². The number of likely N-dealkylation sites (tertiary alicyclic amines) is 1. The van der Waals surface area contributed by atoms with Crippen molar-refractivity contribution in [1.82, 2.24) is 4.90 Å². The predicted molar refractivity (Wildman–Crippen MR) is 76.1 cm³/mol. The number of amidine groups is 1. The van der Waals surface area contributed by atoms with Gasteiger partial charge >= 0.3 is 0 Å². The molecule has 1 heterocycles. The van der Waals surface area contributed by atoms with E-state index < -0.39 is 0 Å². The molecule has 0 aliphatic carbocycles. The molecule has 0 bridgehead atoms. The van der Waals surface area contributed by atoms with Gasteiger partial charge in [-0.2, -0.15) is 0 Å². The van der Waals surface area contributed by atoms with Crippen LogP contribution < -0.4 is 5.73 Å². The van der Waals surface area contributed by atoms with Gasteiger partial charge < -0.3 is 5.73 Å². The van der Waals surface area contributed by atoms with Crippen LogP contribution in [0.25, 0.3) is 0 Å². The van der Waals surface area contributed by atoms with E-state index in [9.17, 15) is 0 Å². The summed E-state index contributed by atoms with van der Waals surface area (Å²) in [5, 5.41) is 8.10. The Morgan fingerprint density at radius 3 is 2.89 bits per heavy atom. The van der Waals surface area contributed by atoms with Gasteiger partial charge in [-0.05, 0) is 30.5 Å². The van der Waals surface area contributed by atoms with Gasteiger partial charge in [0.2, 0.25) is 0 Å². The molecule has 0 aromatic heterocycles. The fraction of sp³-hybridized carbons (Fsp3) is 0.500. The predicted octanol–water partition coefficient (Wildman–Crippen LogP) is 2.86. The van der Waals surface area contributed by atoms with Gasteiger partial charge in [0, 0.05) is 23.7 Å². The molecule has 1 aromatic carbocycles. The molecule has 0 radical (unpaired) electrons. The van der Waals surface area contributed by atoms with Crippen molar-refractivity contribution in [3.63, 3.8) is 0 Å². The summed E-state index contributed by atoms with van der Waals surface area (Å²) in [7, 11) is 0. The van der Waals surface area contributed by atoms with Crippen molar-refractivity contribution in [2.75, 3.05) is 13.1 Å². The van der Waals surface area contributed by atoms with Crippen molar-refractivity contribution in [2.45, 2.75) is 26.3 Å². The second-order valence-electron chi connectivity index (χ2n) is 5.02. The molecule has 98 valence electrons. The van der Waals surface area contributed by atoms with Crippen LogP contribution in [-0.2, 0) is 6.54 Å². The van der Waals surface area contributed by atoms with Crippen molar-refractivity contribution in [3.8, 4) is 0 Å². The number of halogens is 1. The number of nitrogens with one attached hydrogen (secondary N) is 1. The molecule has 3 N–H and O–H groups in total. The second-order valence-corrected chi connectivity index (χ2v) is 5.43. The fourth-order valence-corrected chi connectivity index (χ4v) is 2.71. The summed E-state index contributed by atoms with van der Waals surface area (Å²) in [4.78, 5) is 2.45. The first-order valence-corrected chi connectivity index (χ1v) is 6.83. The first-order chi connectivity index (χ1) is 8.60. The van der Waals surface area contributed by atoms with Crippen LogP contribution in [0, 0.1) is 11.3 Å². The topological polar surface area (TPSA) is 53.1 Å². The first kappa shape index (κ1) is 13.4. The van der Waals surface area contributed by atoms with Crippen molar-refractivity contribution in [2.24, 2.45) is 11.7 Å². The Balaban J connectivity index is 2.04. The minimum absolute atomic E-state index is 0.0654. The number of rotatable bonds is 4. The van der Waals surface area contributed by atoms with Crippen LogP contribution in [0.15, 0.2) is 18.2 Å². The van der Waals surface area contributed by atoms with E-state index in [1.807, 2.05) is 12.1 Å². The van der Waals surface area contributed by atoms with E-state index in [-0.39, 0.29) is 5.84 Å². The molecule has 0 saturated carbocycles. The van der Waals surface area contributed by atoms with Crippen LogP contribution in [0.1, 0.15) is 30.9 Å². The van der Waals surface area contributed by atoms with Crippen LogP contribution in [0.5, 0.6) is 0 Å². The van der Waals surface area contributed by atoms with Crippen LogP contribution in [0.3, 0.4) is 0 Å². The van der Waals surface area contributed by atoms with E-state index in [1.54, 1.807) is 6.07 Å². The zero-order valence-corrected chi connectivity index (χ0v) is 11.5. The number of nitrogens with two attached hydrogens (primary N) is 1. The van der Waals surface area contributed by atoms with Gasteiger partial charge in [-0.1, -0.05) is 37.1 Å². The third kappa shape index (κ3) is 3.03. The van der Waals surface area contributed by atoms with Gasteiger partial charge in [0.05, 0.1) is 0 Å². The molecule has 1 aliphatic heterocycles. The molecule has 1 aromatic rings. The maximum atomic E-state index is 7.39. The van der Waals surface area contributed by atoms with E-state index in [1.165, 1.54) is 19.4 Å². The van der Waals surface area contributed by atoms with Gasteiger partial charge in [-0.25, -0.2) is 0 Å². The van der Waals surface area contributed by atoms with Crippen molar-refractivity contribution in [1.29, 1.82) is 5.41 Å². The molecular weight excluding hydrogens is 246 g/mol. The molecule has 2 rings (SSSR count). The second kappa shape index (κ2) is 5.72. The number of benzene rings is 1. The molecule has 1 unspecified atom stereocenters. The Hall–Kier alpha value is -1.06. The summed E-state index contributed by atoms with van der Waals surface area (Å²) in [5.41, 5.74) is 7.26. The van der Waals surface area contributed by atoms with E-state index in [2.05, 4.69) is 11.8 Å².